The van der Waals surface area contributed by atoms with E-state index in [0.29, 0.717) is 12.4 Å². The number of benzene rings is 1. The number of rotatable bonds is 9. The number of carbonyl (C=O) groups is 1. The first-order valence-electron chi connectivity index (χ1n) is 11.6. The molecule has 0 amide bonds. The van der Waals surface area contributed by atoms with Gasteiger partial charge in [0.15, 0.2) is 10.9 Å². The number of methoxy groups -OCH3 is 1. The molecule has 2 aromatic heterocycles. The number of hydrogen-bond donors (Lipinski definition) is 0. The molecule has 1 atom stereocenters. The first kappa shape index (κ1) is 23.6. The summed E-state index contributed by atoms with van der Waals surface area (Å²) >= 11 is 1.45. The van der Waals surface area contributed by atoms with Gasteiger partial charge in [0.05, 0.1) is 24.1 Å². The van der Waals surface area contributed by atoms with Crippen molar-refractivity contribution in [3.63, 3.8) is 0 Å². The van der Waals surface area contributed by atoms with Gasteiger partial charge in [-0.15, -0.1) is 10.2 Å². The SMILES string of the molecule is COCC(C)n1c(C)cc(C(=O)CSc2nnc(N3CCCCC3)n2-c2ccccc2)c1C. The summed E-state index contributed by atoms with van der Waals surface area (Å²) in [6.45, 7) is 8.74. The summed E-state index contributed by atoms with van der Waals surface area (Å²) in [4.78, 5) is 15.5. The van der Waals surface area contributed by atoms with E-state index in [9.17, 15) is 4.79 Å². The van der Waals surface area contributed by atoms with E-state index in [0.717, 1.165) is 46.8 Å². The Morgan fingerprint density at radius 1 is 1.12 bits per heavy atom. The summed E-state index contributed by atoms with van der Waals surface area (Å²) in [7, 11) is 1.70. The number of ether oxygens (including phenoxy) is 1. The Morgan fingerprint density at radius 2 is 1.85 bits per heavy atom. The lowest BCUT2D eigenvalue weighted by molar-refractivity contribution is 0.102. The van der Waals surface area contributed by atoms with Crippen LogP contribution in [0.4, 0.5) is 5.95 Å². The largest absolute Gasteiger partial charge is 0.383 e. The highest BCUT2D eigenvalue weighted by molar-refractivity contribution is 7.99. The third-order valence-corrected chi connectivity index (χ3v) is 7.16. The predicted octanol–water partition coefficient (Wildman–Crippen LogP) is 4.86. The van der Waals surface area contributed by atoms with Crippen LogP contribution in [0.15, 0.2) is 41.6 Å². The van der Waals surface area contributed by atoms with Crippen LogP contribution in [-0.4, -0.2) is 57.7 Å². The molecule has 1 fully saturated rings. The zero-order valence-electron chi connectivity index (χ0n) is 20.0. The summed E-state index contributed by atoms with van der Waals surface area (Å²) in [5, 5.41) is 9.77. The van der Waals surface area contributed by atoms with Gasteiger partial charge in [0, 0.05) is 37.2 Å². The predicted molar refractivity (Wildman–Crippen MR) is 133 cm³/mol. The summed E-state index contributed by atoms with van der Waals surface area (Å²) < 4.78 is 9.59. The molecule has 0 aliphatic carbocycles. The highest BCUT2D eigenvalue weighted by Crippen LogP contribution is 2.29. The molecule has 176 valence electrons. The van der Waals surface area contributed by atoms with Crippen LogP contribution in [0.1, 0.15) is 54.0 Å². The van der Waals surface area contributed by atoms with E-state index in [1.54, 1.807) is 7.11 Å². The van der Waals surface area contributed by atoms with Crippen LogP contribution in [0.2, 0.25) is 0 Å². The Bertz CT molecular complexity index is 1090. The number of nitrogens with zero attached hydrogens (tertiary/aromatic N) is 5. The molecule has 1 aliphatic heterocycles. The maximum atomic E-state index is 13.2. The Hall–Kier alpha value is -2.58. The van der Waals surface area contributed by atoms with E-state index in [-0.39, 0.29) is 11.8 Å². The first-order valence-corrected chi connectivity index (χ1v) is 12.6. The van der Waals surface area contributed by atoms with Gasteiger partial charge in [-0.3, -0.25) is 9.36 Å². The van der Waals surface area contributed by atoms with Crippen molar-refractivity contribution in [2.24, 2.45) is 0 Å². The molecule has 0 bridgehead atoms. The number of Topliss-reactive ketones (excluding diaryl/α,β-unsaturated/α-hetero) is 1. The van der Waals surface area contributed by atoms with Gasteiger partial charge >= 0.3 is 0 Å². The summed E-state index contributed by atoms with van der Waals surface area (Å²) in [6.07, 6.45) is 3.59. The topological polar surface area (TPSA) is 65.2 Å². The number of hydrogen-bond acceptors (Lipinski definition) is 6. The second kappa shape index (κ2) is 10.6. The van der Waals surface area contributed by atoms with Gasteiger partial charge in [-0.25, -0.2) is 0 Å². The molecule has 3 heterocycles. The van der Waals surface area contributed by atoms with Crippen molar-refractivity contribution >= 4 is 23.5 Å². The lowest BCUT2D eigenvalue weighted by Crippen LogP contribution is -2.31. The number of thioether (sulfide) groups is 1. The Labute approximate surface area is 200 Å². The second-order valence-electron chi connectivity index (χ2n) is 8.67. The molecule has 4 rings (SSSR count). The third kappa shape index (κ3) is 5.01. The van der Waals surface area contributed by atoms with Gasteiger partial charge < -0.3 is 14.2 Å². The zero-order chi connectivity index (χ0) is 23.4. The molecule has 1 aliphatic rings. The number of aryl methyl sites for hydroxylation is 1. The van der Waals surface area contributed by atoms with Gasteiger partial charge in [-0.1, -0.05) is 30.0 Å². The van der Waals surface area contributed by atoms with Crippen molar-refractivity contribution in [1.82, 2.24) is 19.3 Å². The fourth-order valence-corrected chi connectivity index (χ4v) is 5.55. The molecule has 7 nitrogen and oxygen atoms in total. The molecule has 0 saturated carbocycles. The molecule has 1 aromatic carbocycles. The molecule has 1 unspecified atom stereocenters. The first-order chi connectivity index (χ1) is 16.0. The number of carbonyl (C=O) groups excluding carboxylic acids is 1. The van der Waals surface area contributed by atoms with Crippen LogP contribution >= 0.6 is 11.8 Å². The summed E-state index contributed by atoms with van der Waals surface area (Å²) in [6, 6.07) is 12.3. The monoisotopic (exact) mass is 467 g/mol. The fraction of sp³-hybridized carbons (Fsp3) is 0.480. The van der Waals surface area contributed by atoms with Crippen LogP contribution in [0.25, 0.3) is 5.69 Å². The average molecular weight is 468 g/mol. The Morgan fingerprint density at radius 3 is 2.55 bits per heavy atom. The van der Waals surface area contributed by atoms with Crippen LogP contribution in [-0.2, 0) is 4.74 Å². The van der Waals surface area contributed by atoms with Gasteiger partial charge in [0.25, 0.3) is 0 Å². The molecule has 0 radical (unpaired) electrons. The van der Waals surface area contributed by atoms with Gasteiger partial charge in [0.1, 0.15) is 0 Å². The molecular formula is C25H33N5O2S. The molecule has 33 heavy (non-hydrogen) atoms. The summed E-state index contributed by atoms with van der Waals surface area (Å²) in [5.74, 6) is 1.28. The van der Waals surface area contributed by atoms with Crippen LogP contribution < -0.4 is 4.90 Å². The van der Waals surface area contributed by atoms with Gasteiger partial charge in [-0.05, 0) is 58.2 Å². The average Bonchev–Trinajstić information content (AvgIpc) is 3.39. The van der Waals surface area contributed by atoms with E-state index < -0.39 is 0 Å². The maximum Gasteiger partial charge on any atom is 0.232 e. The lowest BCUT2D eigenvalue weighted by atomic mass is 10.1. The van der Waals surface area contributed by atoms with E-state index in [2.05, 4.69) is 43.3 Å². The van der Waals surface area contributed by atoms with Crippen LogP contribution in [0, 0.1) is 13.8 Å². The number of ketones is 1. The van der Waals surface area contributed by atoms with Gasteiger partial charge in [0.2, 0.25) is 5.95 Å². The highest BCUT2D eigenvalue weighted by Gasteiger charge is 2.23. The molecule has 0 spiro atoms. The molecule has 8 heteroatoms. The third-order valence-electron chi connectivity index (χ3n) is 6.24. The van der Waals surface area contributed by atoms with E-state index in [4.69, 9.17) is 4.74 Å². The number of piperidine rings is 1. The van der Waals surface area contributed by atoms with E-state index in [1.165, 1.54) is 31.0 Å². The van der Waals surface area contributed by atoms with Crippen molar-refractivity contribution < 1.29 is 9.53 Å². The molecular weight excluding hydrogens is 434 g/mol. The summed E-state index contributed by atoms with van der Waals surface area (Å²) in [5.41, 5.74) is 3.85. The smallest absolute Gasteiger partial charge is 0.232 e. The van der Waals surface area contributed by atoms with E-state index >= 15 is 0 Å². The highest BCUT2D eigenvalue weighted by atomic mass is 32.2. The maximum absolute atomic E-state index is 13.2. The zero-order valence-corrected chi connectivity index (χ0v) is 20.8. The number of anilines is 1. The van der Waals surface area contributed by atoms with Gasteiger partial charge in [-0.2, -0.15) is 0 Å². The number of para-hydroxylation sites is 1. The van der Waals surface area contributed by atoms with Crippen LogP contribution in [0.5, 0.6) is 0 Å². The van der Waals surface area contributed by atoms with E-state index in [1.807, 2.05) is 38.1 Å². The molecule has 0 N–H and O–H groups in total. The quantitative estimate of drug-likeness (QED) is 0.331. The van der Waals surface area contributed by atoms with Crippen molar-refractivity contribution in [3.05, 3.63) is 53.3 Å². The number of aromatic nitrogens is 4. The lowest BCUT2D eigenvalue weighted by Gasteiger charge is -2.27. The van der Waals surface area contributed by atoms with Crippen molar-refractivity contribution in [1.29, 1.82) is 0 Å². The fourth-order valence-electron chi connectivity index (χ4n) is 4.72. The second-order valence-corrected chi connectivity index (χ2v) is 9.61. The van der Waals surface area contributed by atoms with Crippen molar-refractivity contribution in [3.8, 4) is 5.69 Å². The Kier molecular flexibility index (Phi) is 7.55. The molecule has 1 saturated heterocycles. The van der Waals surface area contributed by atoms with Crippen molar-refractivity contribution in [2.75, 3.05) is 37.5 Å². The minimum absolute atomic E-state index is 0.103. The minimum Gasteiger partial charge on any atom is -0.383 e. The molecule has 3 aromatic rings. The van der Waals surface area contributed by atoms with Crippen molar-refractivity contribution in [2.45, 2.75) is 51.2 Å². The normalized spacial score (nSPS) is 15.1. The minimum atomic E-state index is 0.103. The Balaban J connectivity index is 1.57. The van der Waals surface area contributed by atoms with Crippen LogP contribution in [0.3, 0.4) is 0 Å². The standard InChI is InChI=1S/C25H33N5O2S/c1-18-15-22(20(3)29(18)19(2)16-32-4)23(31)17-33-25-27-26-24(28-13-9-6-10-14-28)30(25)21-11-7-5-8-12-21/h5,7-8,11-12,15,19H,6,9-10,13-14,16-17H2,1-4H3.